The average Bonchev–Trinajstić information content (AvgIpc) is 2.23. The lowest BCUT2D eigenvalue weighted by Gasteiger charge is -2.09. The molecule has 2 N–H and O–H groups in total. The van der Waals surface area contributed by atoms with Gasteiger partial charge in [0.25, 0.3) is 0 Å². The molecular formula is C11H13F3N2O. The lowest BCUT2D eigenvalue weighted by Crippen LogP contribution is -2.44. The number of carbonyl (C=O) groups excluding carboxylic acids is 1. The van der Waals surface area contributed by atoms with Crippen LogP contribution >= 0.6 is 0 Å². The van der Waals surface area contributed by atoms with Gasteiger partial charge in [-0.2, -0.15) is 13.2 Å². The Morgan fingerprint density at radius 2 is 1.82 bits per heavy atom. The summed E-state index contributed by atoms with van der Waals surface area (Å²) in [4.78, 5) is 10.7. The molecule has 0 unspecified atom stereocenters. The molecule has 1 rings (SSSR count). The number of hydrogen-bond donors (Lipinski definition) is 2. The quantitative estimate of drug-likeness (QED) is 0.621. The highest BCUT2D eigenvalue weighted by Gasteiger charge is 2.29. The standard InChI is InChI=1S/C11H13F3N2O/c12-11(13,14)16-10(17)15-8-4-7-9-5-2-1-3-6-9/h1-3,5-6H,4,7-8H2,(H2,15,16,17). The summed E-state index contributed by atoms with van der Waals surface area (Å²) in [5.41, 5.74) is 1.09. The Morgan fingerprint density at radius 1 is 1.18 bits per heavy atom. The van der Waals surface area contributed by atoms with E-state index in [1.807, 2.05) is 30.3 Å². The highest BCUT2D eigenvalue weighted by Crippen LogP contribution is 2.08. The van der Waals surface area contributed by atoms with Crippen molar-refractivity contribution in [1.82, 2.24) is 10.6 Å². The zero-order chi connectivity index (χ0) is 12.7. The third kappa shape index (κ3) is 6.44. The van der Waals surface area contributed by atoms with Crippen LogP contribution in [-0.4, -0.2) is 18.9 Å². The van der Waals surface area contributed by atoms with Crippen molar-refractivity contribution < 1.29 is 18.0 Å². The van der Waals surface area contributed by atoms with Crippen LogP contribution in [0.3, 0.4) is 0 Å². The molecule has 0 spiro atoms. The molecule has 0 aromatic heterocycles. The molecule has 0 atom stereocenters. The number of aryl methyl sites for hydroxylation is 1. The van der Waals surface area contributed by atoms with Crippen LogP contribution in [0.15, 0.2) is 30.3 Å². The van der Waals surface area contributed by atoms with E-state index < -0.39 is 12.3 Å². The molecule has 0 bridgehead atoms. The maximum atomic E-state index is 11.7. The molecular weight excluding hydrogens is 233 g/mol. The second-order valence-electron chi connectivity index (χ2n) is 3.47. The number of urea groups is 1. The normalized spacial score (nSPS) is 11.0. The molecule has 6 heteroatoms. The summed E-state index contributed by atoms with van der Waals surface area (Å²) in [6.07, 6.45) is -3.37. The second kappa shape index (κ2) is 6.12. The third-order valence-corrected chi connectivity index (χ3v) is 2.03. The summed E-state index contributed by atoms with van der Waals surface area (Å²) >= 11 is 0. The summed E-state index contributed by atoms with van der Waals surface area (Å²) in [5.74, 6) is 0. The van der Waals surface area contributed by atoms with Crippen LogP contribution in [0.4, 0.5) is 18.0 Å². The SMILES string of the molecule is O=C(NCCCc1ccccc1)NC(F)(F)F. The van der Waals surface area contributed by atoms with Gasteiger partial charge in [-0.25, -0.2) is 10.1 Å². The molecule has 0 radical (unpaired) electrons. The second-order valence-corrected chi connectivity index (χ2v) is 3.47. The lowest BCUT2D eigenvalue weighted by molar-refractivity contribution is -0.145. The molecule has 17 heavy (non-hydrogen) atoms. The molecule has 0 saturated heterocycles. The number of alkyl halides is 3. The Kier molecular flexibility index (Phi) is 4.81. The number of carbonyl (C=O) groups is 1. The summed E-state index contributed by atoms with van der Waals surface area (Å²) in [6.45, 7) is 0.205. The fraction of sp³-hybridized carbons (Fsp3) is 0.364. The van der Waals surface area contributed by atoms with E-state index in [1.165, 1.54) is 0 Å². The van der Waals surface area contributed by atoms with Crippen molar-refractivity contribution in [3.05, 3.63) is 35.9 Å². The van der Waals surface area contributed by atoms with E-state index in [0.29, 0.717) is 12.8 Å². The van der Waals surface area contributed by atoms with Crippen molar-refractivity contribution in [3.8, 4) is 0 Å². The van der Waals surface area contributed by atoms with E-state index >= 15 is 0 Å². The van der Waals surface area contributed by atoms with E-state index in [-0.39, 0.29) is 6.54 Å². The van der Waals surface area contributed by atoms with Gasteiger partial charge in [-0.05, 0) is 18.4 Å². The maximum absolute atomic E-state index is 11.7. The zero-order valence-corrected chi connectivity index (χ0v) is 9.05. The minimum absolute atomic E-state index is 0.205. The van der Waals surface area contributed by atoms with Crippen LogP contribution in [0.25, 0.3) is 0 Å². The predicted octanol–water partition coefficient (Wildman–Crippen LogP) is 2.44. The largest absolute Gasteiger partial charge is 0.485 e. The summed E-state index contributed by atoms with van der Waals surface area (Å²) in [6, 6.07) is 8.30. The number of rotatable bonds is 4. The van der Waals surface area contributed by atoms with E-state index in [4.69, 9.17) is 0 Å². The monoisotopic (exact) mass is 246 g/mol. The zero-order valence-electron chi connectivity index (χ0n) is 9.05. The van der Waals surface area contributed by atoms with Gasteiger partial charge >= 0.3 is 12.3 Å². The van der Waals surface area contributed by atoms with Crippen LogP contribution in [0.2, 0.25) is 0 Å². The first kappa shape index (κ1) is 13.3. The molecule has 0 heterocycles. The first-order chi connectivity index (χ1) is 7.97. The molecule has 0 aliphatic carbocycles. The van der Waals surface area contributed by atoms with Crippen molar-refractivity contribution in [2.75, 3.05) is 6.54 Å². The first-order valence-corrected chi connectivity index (χ1v) is 5.14. The van der Waals surface area contributed by atoms with Gasteiger partial charge in [0.1, 0.15) is 0 Å². The fourth-order valence-electron chi connectivity index (χ4n) is 1.31. The van der Waals surface area contributed by atoms with Crippen LogP contribution in [0.5, 0.6) is 0 Å². The average molecular weight is 246 g/mol. The number of hydrogen-bond acceptors (Lipinski definition) is 1. The van der Waals surface area contributed by atoms with E-state index in [0.717, 1.165) is 10.9 Å². The molecule has 1 aromatic rings. The molecule has 1 aromatic carbocycles. The number of benzene rings is 1. The minimum Gasteiger partial charge on any atom is -0.338 e. The fourth-order valence-corrected chi connectivity index (χ4v) is 1.31. The van der Waals surface area contributed by atoms with Crippen molar-refractivity contribution in [3.63, 3.8) is 0 Å². The van der Waals surface area contributed by atoms with Crippen molar-refractivity contribution in [2.45, 2.75) is 19.1 Å². The maximum Gasteiger partial charge on any atom is 0.485 e. The Hall–Kier alpha value is -1.72. The summed E-state index contributed by atoms with van der Waals surface area (Å²) < 4.78 is 35.1. The highest BCUT2D eigenvalue weighted by atomic mass is 19.4. The van der Waals surface area contributed by atoms with E-state index in [1.54, 1.807) is 0 Å². The Morgan fingerprint density at radius 3 is 2.41 bits per heavy atom. The van der Waals surface area contributed by atoms with E-state index in [9.17, 15) is 18.0 Å². The molecule has 0 fully saturated rings. The first-order valence-electron chi connectivity index (χ1n) is 5.14. The molecule has 0 aliphatic heterocycles. The summed E-state index contributed by atoms with van der Waals surface area (Å²) in [5, 5.41) is 3.01. The van der Waals surface area contributed by atoms with Crippen molar-refractivity contribution in [1.29, 1.82) is 0 Å². The minimum atomic E-state index is -4.68. The van der Waals surface area contributed by atoms with Crippen LogP contribution in [-0.2, 0) is 6.42 Å². The van der Waals surface area contributed by atoms with Crippen LogP contribution in [0, 0.1) is 0 Å². The number of nitrogens with one attached hydrogen (secondary N) is 2. The van der Waals surface area contributed by atoms with Crippen LogP contribution in [0.1, 0.15) is 12.0 Å². The molecule has 94 valence electrons. The van der Waals surface area contributed by atoms with Gasteiger partial charge < -0.3 is 5.32 Å². The van der Waals surface area contributed by atoms with Crippen molar-refractivity contribution >= 4 is 6.03 Å². The molecule has 0 saturated carbocycles. The van der Waals surface area contributed by atoms with Gasteiger partial charge in [-0.3, -0.25) is 0 Å². The van der Waals surface area contributed by atoms with Gasteiger partial charge in [0, 0.05) is 6.54 Å². The Bertz CT molecular complexity index is 351. The molecule has 2 amide bonds. The highest BCUT2D eigenvalue weighted by molar-refractivity contribution is 5.74. The topological polar surface area (TPSA) is 41.1 Å². The number of amides is 2. The van der Waals surface area contributed by atoms with Gasteiger partial charge in [0.2, 0.25) is 0 Å². The molecule has 0 aliphatic rings. The smallest absolute Gasteiger partial charge is 0.338 e. The third-order valence-electron chi connectivity index (χ3n) is 2.03. The number of halogens is 3. The van der Waals surface area contributed by atoms with Gasteiger partial charge in [-0.1, -0.05) is 30.3 Å². The predicted molar refractivity (Wildman–Crippen MR) is 57.4 cm³/mol. The van der Waals surface area contributed by atoms with Gasteiger partial charge in [0.15, 0.2) is 0 Å². The van der Waals surface area contributed by atoms with Gasteiger partial charge in [-0.15, -0.1) is 0 Å². The van der Waals surface area contributed by atoms with Crippen LogP contribution < -0.4 is 10.6 Å². The van der Waals surface area contributed by atoms with E-state index in [2.05, 4.69) is 5.32 Å². The molecule has 3 nitrogen and oxygen atoms in total. The Labute approximate surface area is 97.0 Å². The van der Waals surface area contributed by atoms with Gasteiger partial charge in [0.05, 0.1) is 0 Å². The summed E-state index contributed by atoms with van der Waals surface area (Å²) in [7, 11) is 0. The van der Waals surface area contributed by atoms with Crippen molar-refractivity contribution in [2.24, 2.45) is 0 Å². The Balaban J connectivity index is 2.14. The lowest BCUT2D eigenvalue weighted by atomic mass is 10.1.